The molecule has 31 heavy (non-hydrogen) atoms. The quantitative estimate of drug-likeness (QED) is 0.476. The van der Waals surface area contributed by atoms with Gasteiger partial charge in [-0.3, -0.25) is 9.59 Å². The van der Waals surface area contributed by atoms with E-state index < -0.39 is 0 Å². The molecule has 4 rings (SSSR count). The van der Waals surface area contributed by atoms with Crippen molar-refractivity contribution in [2.45, 2.75) is 18.9 Å². The number of piperidine rings is 1. The zero-order chi connectivity index (χ0) is 22.0. The minimum atomic E-state index is -0.282. The molecule has 1 aliphatic heterocycles. The number of carbonyl (C=O) groups excluding carboxylic acids is 2. The lowest BCUT2D eigenvalue weighted by Crippen LogP contribution is -2.43. The number of carbonyl (C=O) groups is 2. The summed E-state index contributed by atoms with van der Waals surface area (Å²) in [5.41, 5.74) is 9.63. The Morgan fingerprint density at radius 3 is 2.77 bits per heavy atom. The van der Waals surface area contributed by atoms with Crippen LogP contribution in [0.25, 0.3) is 22.2 Å². The first-order valence-electron chi connectivity index (χ1n) is 10.3. The molecule has 1 aliphatic rings. The molecule has 0 aliphatic carbocycles. The Hall–Kier alpha value is -3.65. The summed E-state index contributed by atoms with van der Waals surface area (Å²) in [6.45, 7) is 5.38. The molecule has 2 aromatic heterocycles. The number of fused-ring (bicyclic) bond motifs is 1. The van der Waals surface area contributed by atoms with E-state index in [0.717, 1.165) is 42.4 Å². The molecular weight excluding hydrogens is 392 g/mol. The number of likely N-dealkylation sites (tertiary alicyclic amines) is 1. The molecule has 8 heteroatoms. The van der Waals surface area contributed by atoms with Gasteiger partial charge < -0.3 is 26.3 Å². The van der Waals surface area contributed by atoms with E-state index in [1.165, 1.54) is 6.08 Å². The highest BCUT2D eigenvalue weighted by atomic mass is 16.2. The average molecular weight is 419 g/mol. The molecule has 0 unspecified atom stereocenters. The topological polar surface area (TPSA) is 116 Å². The van der Waals surface area contributed by atoms with Crippen LogP contribution in [0.15, 0.2) is 49.2 Å². The Kier molecular flexibility index (Phi) is 5.73. The van der Waals surface area contributed by atoms with Crippen LogP contribution in [0.2, 0.25) is 0 Å². The van der Waals surface area contributed by atoms with Gasteiger partial charge in [-0.15, -0.1) is 0 Å². The first-order chi connectivity index (χ1) is 14.9. The fourth-order valence-electron chi connectivity index (χ4n) is 3.81. The number of pyridine rings is 1. The van der Waals surface area contributed by atoms with Gasteiger partial charge in [0.1, 0.15) is 0 Å². The number of nitrogens with one attached hydrogen (secondary N) is 3. The summed E-state index contributed by atoms with van der Waals surface area (Å²) in [6, 6.07) is 9.16. The van der Waals surface area contributed by atoms with E-state index in [-0.39, 0.29) is 23.6 Å². The van der Waals surface area contributed by atoms with Crippen molar-refractivity contribution in [1.82, 2.24) is 20.2 Å². The molecular formula is C23H26N6O2. The summed E-state index contributed by atoms with van der Waals surface area (Å²) >= 11 is 0. The third-order valence-corrected chi connectivity index (χ3v) is 5.61. The van der Waals surface area contributed by atoms with Crippen LogP contribution in [-0.2, 0) is 4.79 Å². The van der Waals surface area contributed by atoms with Crippen molar-refractivity contribution in [2.75, 3.05) is 31.2 Å². The van der Waals surface area contributed by atoms with Crippen molar-refractivity contribution < 1.29 is 9.59 Å². The minimum Gasteiger partial charge on any atom is -0.397 e. The second kappa shape index (κ2) is 8.61. The number of amides is 2. The smallest absolute Gasteiger partial charge is 0.272 e. The number of anilines is 2. The van der Waals surface area contributed by atoms with E-state index in [2.05, 4.69) is 39.1 Å². The maximum atomic E-state index is 12.9. The molecule has 0 radical (unpaired) electrons. The maximum Gasteiger partial charge on any atom is 0.272 e. The Morgan fingerprint density at radius 2 is 2.03 bits per heavy atom. The lowest BCUT2D eigenvalue weighted by atomic mass is 10.0. The zero-order valence-corrected chi connectivity index (χ0v) is 17.4. The van der Waals surface area contributed by atoms with Gasteiger partial charge in [0.15, 0.2) is 5.69 Å². The summed E-state index contributed by atoms with van der Waals surface area (Å²) in [7, 11) is 2.08. The van der Waals surface area contributed by atoms with Gasteiger partial charge in [0.05, 0.1) is 11.4 Å². The fraction of sp³-hybridized carbons (Fsp3) is 0.261. The van der Waals surface area contributed by atoms with Crippen molar-refractivity contribution >= 4 is 34.1 Å². The molecule has 160 valence electrons. The predicted molar refractivity (Wildman–Crippen MR) is 123 cm³/mol. The molecule has 0 spiro atoms. The van der Waals surface area contributed by atoms with Crippen LogP contribution in [0.1, 0.15) is 23.3 Å². The molecule has 0 bridgehead atoms. The number of nitrogens with two attached hydrogens (primary N) is 1. The summed E-state index contributed by atoms with van der Waals surface area (Å²) in [6.07, 6.45) is 4.87. The highest BCUT2D eigenvalue weighted by molar-refractivity contribution is 6.03. The third kappa shape index (κ3) is 4.44. The van der Waals surface area contributed by atoms with Crippen molar-refractivity contribution in [1.29, 1.82) is 0 Å². The SMILES string of the molecule is C=CC(=O)Nc1ccc2[nH]cc(-c3ccc(N)c(C(=O)NC4CCN(C)CC4)n3)c2c1. The second-order valence-electron chi connectivity index (χ2n) is 7.84. The number of benzene rings is 1. The Labute approximate surface area is 180 Å². The van der Waals surface area contributed by atoms with E-state index in [1.807, 2.05) is 18.3 Å². The van der Waals surface area contributed by atoms with Crippen LogP contribution in [0.3, 0.4) is 0 Å². The van der Waals surface area contributed by atoms with Gasteiger partial charge in [-0.1, -0.05) is 6.58 Å². The normalized spacial score (nSPS) is 15.0. The monoisotopic (exact) mass is 418 g/mol. The van der Waals surface area contributed by atoms with Crippen LogP contribution in [0, 0.1) is 0 Å². The lowest BCUT2D eigenvalue weighted by molar-refractivity contribution is -0.111. The molecule has 0 atom stereocenters. The molecule has 8 nitrogen and oxygen atoms in total. The number of rotatable bonds is 5. The number of nitrogens with zero attached hydrogens (tertiary/aromatic N) is 2. The first-order valence-corrected chi connectivity index (χ1v) is 10.3. The third-order valence-electron chi connectivity index (χ3n) is 5.61. The molecule has 1 saturated heterocycles. The zero-order valence-electron chi connectivity index (χ0n) is 17.4. The molecule has 3 heterocycles. The number of aromatic amines is 1. The van der Waals surface area contributed by atoms with Gasteiger partial charge in [0, 0.05) is 34.4 Å². The van der Waals surface area contributed by atoms with E-state index in [9.17, 15) is 9.59 Å². The maximum absolute atomic E-state index is 12.9. The lowest BCUT2D eigenvalue weighted by Gasteiger charge is -2.29. The Morgan fingerprint density at radius 1 is 1.26 bits per heavy atom. The van der Waals surface area contributed by atoms with Crippen molar-refractivity contribution in [3.05, 3.63) is 54.9 Å². The van der Waals surface area contributed by atoms with Crippen LogP contribution in [0.5, 0.6) is 0 Å². The van der Waals surface area contributed by atoms with E-state index in [1.54, 1.807) is 18.2 Å². The molecule has 5 N–H and O–H groups in total. The summed E-state index contributed by atoms with van der Waals surface area (Å²) in [5, 5.41) is 6.71. The number of nitrogen functional groups attached to an aromatic ring is 1. The van der Waals surface area contributed by atoms with E-state index >= 15 is 0 Å². The van der Waals surface area contributed by atoms with Crippen LogP contribution in [-0.4, -0.2) is 52.9 Å². The van der Waals surface area contributed by atoms with Gasteiger partial charge in [-0.05, 0) is 69.4 Å². The van der Waals surface area contributed by atoms with Crippen molar-refractivity contribution in [3.8, 4) is 11.3 Å². The van der Waals surface area contributed by atoms with Gasteiger partial charge in [-0.25, -0.2) is 4.98 Å². The number of H-pyrrole nitrogens is 1. The minimum absolute atomic E-state index is 0.123. The number of aromatic nitrogens is 2. The average Bonchev–Trinajstić information content (AvgIpc) is 3.19. The van der Waals surface area contributed by atoms with Crippen LogP contribution >= 0.6 is 0 Å². The Bertz CT molecular complexity index is 1140. The summed E-state index contributed by atoms with van der Waals surface area (Å²) < 4.78 is 0. The number of hydrogen-bond acceptors (Lipinski definition) is 5. The summed E-state index contributed by atoms with van der Waals surface area (Å²) in [5.74, 6) is -0.539. The molecule has 1 aromatic carbocycles. The van der Waals surface area contributed by atoms with Gasteiger partial charge >= 0.3 is 0 Å². The van der Waals surface area contributed by atoms with Gasteiger partial charge in [-0.2, -0.15) is 0 Å². The van der Waals surface area contributed by atoms with Crippen LogP contribution < -0.4 is 16.4 Å². The van der Waals surface area contributed by atoms with Crippen LogP contribution in [0.4, 0.5) is 11.4 Å². The Balaban J connectivity index is 1.62. The highest BCUT2D eigenvalue weighted by Crippen LogP contribution is 2.30. The molecule has 3 aromatic rings. The summed E-state index contributed by atoms with van der Waals surface area (Å²) in [4.78, 5) is 34.6. The van der Waals surface area contributed by atoms with Crippen molar-refractivity contribution in [2.24, 2.45) is 0 Å². The molecule has 2 amide bonds. The fourth-order valence-corrected chi connectivity index (χ4v) is 3.81. The first kappa shape index (κ1) is 20.6. The van der Waals surface area contributed by atoms with E-state index in [4.69, 9.17) is 5.73 Å². The van der Waals surface area contributed by atoms with Gasteiger partial charge in [0.25, 0.3) is 5.91 Å². The van der Waals surface area contributed by atoms with E-state index in [0.29, 0.717) is 17.1 Å². The largest absolute Gasteiger partial charge is 0.397 e. The molecule has 0 saturated carbocycles. The highest BCUT2D eigenvalue weighted by Gasteiger charge is 2.21. The van der Waals surface area contributed by atoms with Crippen molar-refractivity contribution in [3.63, 3.8) is 0 Å². The molecule has 1 fully saturated rings. The predicted octanol–water partition coefficient (Wildman–Crippen LogP) is 2.76. The second-order valence-corrected chi connectivity index (χ2v) is 7.84. The standard InChI is InChI=1S/C23H26N6O2/c1-3-21(30)26-15-4-6-19-16(12-15)17(13-25-19)20-7-5-18(24)22(28-20)23(31)27-14-8-10-29(2)11-9-14/h3-7,12-14,25H,1,8-11,24H2,2H3,(H,26,30)(H,27,31). The number of hydrogen-bond donors (Lipinski definition) is 4. The van der Waals surface area contributed by atoms with Gasteiger partial charge in [0.2, 0.25) is 5.91 Å².